The largest absolute Gasteiger partial charge is 0.573 e. The molecule has 0 saturated heterocycles. The van der Waals surface area contributed by atoms with Gasteiger partial charge in [-0.2, -0.15) is 0 Å². The summed E-state index contributed by atoms with van der Waals surface area (Å²) in [5, 5.41) is 12.8. The first kappa shape index (κ1) is 29.8. The normalized spacial score (nSPS) is 17.6. The first-order valence-electron chi connectivity index (χ1n) is 13.3. The molecule has 1 fully saturated rings. The summed E-state index contributed by atoms with van der Waals surface area (Å²) in [5.74, 6) is -1.25. The first-order valence-corrected chi connectivity index (χ1v) is 13.3. The number of fused-ring (bicyclic) bond motifs is 1. The van der Waals surface area contributed by atoms with Crippen molar-refractivity contribution in [2.24, 2.45) is 16.4 Å². The number of alkyl halides is 3. The number of carbonyl (C=O) groups excluding carboxylic acids is 2. The third-order valence-corrected chi connectivity index (χ3v) is 7.59. The fourth-order valence-corrected chi connectivity index (χ4v) is 5.36. The molecule has 2 amide bonds. The molecule has 1 aliphatic rings. The predicted molar refractivity (Wildman–Crippen MR) is 147 cm³/mol. The van der Waals surface area contributed by atoms with Gasteiger partial charge in [-0.3, -0.25) is 20.3 Å². The molecular formula is C29H33F3N6O3. The number of H-pyrrole nitrogens is 1. The van der Waals surface area contributed by atoms with E-state index in [-0.39, 0.29) is 40.9 Å². The predicted octanol–water partition coefficient (Wildman–Crippen LogP) is 7.01. The fourth-order valence-electron chi connectivity index (χ4n) is 5.36. The molecule has 0 radical (unpaired) electrons. The van der Waals surface area contributed by atoms with E-state index in [9.17, 15) is 22.8 Å². The average molecular weight is 571 g/mol. The van der Waals surface area contributed by atoms with Crippen LogP contribution in [0.15, 0.2) is 53.6 Å². The highest BCUT2D eigenvalue weighted by Crippen LogP contribution is 2.39. The molecule has 1 aromatic heterocycles. The number of benzene rings is 2. The van der Waals surface area contributed by atoms with Crippen molar-refractivity contribution in [2.75, 3.05) is 0 Å². The van der Waals surface area contributed by atoms with Crippen LogP contribution in [0.5, 0.6) is 5.75 Å². The fraction of sp³-hybridized carbons (Fsp3) is 0.414. The molecule has 4 N–H and O–H groups in total. The van der Waals surface area contributed by atoms with Gasteiger partial charge in [-0.1, -0.05) is 32.9 Å². The highest BCUT2D eigenvalue weighted by molar-refractivity contribution is 6.05. The minimum absolute atomic E-state index is 0.0428. The Morgan fingerprint density at radius 1 is 1.05 bits per heavy atom. The lowest BCUT2D eigenvalue weighted by Gasteiger charge is -2.41. The standard InChI is InChI=1S/C29H33F3N6O3/c1-28(2,3)20-8-10-21(11-9-20)38(16-17-4-6-18(7-5-17)25(39)36-27(33)37-34)26(40)24-15-19-14-22(41-29(30,31)32)12-13-23(19)35-24/h4-7,12-15,20-21,34-35H,8-11,16H2,1-3H3,(H2,33,36,39). The second-order valence-electron chi connectivity index (χ2n) is 11.4. The second kappa shape index (κ2) is 11.7. The van der Waals surface area contributed by atoms with Crippen LogP contribution in [0.4, 0.5) is 13.2 Å². The number of nitrogens with one attached hydrogen (secondary N) is 4. The van der Waals surface area contributed by atoms with E-state index < -0.39 is 18.2 Å². The van der Waals surface area contributed by atoms with Gasteiger partial charge in [0.05, 0.1) is 0 Å². The van der Waals surface area contributed by atoms with Gasteiger partial charge in [0.1, 0.15) is 11.4 Å². The van der Waals surface area contributed by atoms with E-state index in [0.717, 1.165) is 31.2 Å². The Morgan fingerprint density at radius 3 is 2.29 bits per heavy atom. The number of aromatic amines is 1. The minimum atomic E-state index is -4.82. The number of rotatable bonds is 6. The molecule has 4 rings (SSSR count). The number of halogens is 3. The van der Waals surface area contributed by atoms with E-state index in [1.54, 1.807) is 29.2 Å². The summed E-state index contributed by atoms with van der Waals surface area (Å²) in [6.07, 6.45) is -1.25. The van der Waals surface area contributed by atoms with E-state index >= 15 is 0 Å². The Balaban J connectivity index is 1.59. The molecule has 2 aromatic carbocycles. The van der Waals surface area contributed by atoms with Crippen LogP contribution in [0.25, 0.3) is 10.9 Å². The molecule has 218 valence electrons. The number of ether oxygens (including phenoxy) is 1. The summed E-state index contributed by atoms with van der Waals surface area (Å²) in [6, 6.07) is 12.0. The van der Waals surface area contributed by atoms with Crippen molar-refractivity contribution in [2.45, 2.75) is 65.4 Å². The van der Waals surface area contributed by atoms with Crippen molar-refractivity contribution in [1.29, 1.82) is 10.9 Å². The molecule has 1 saturated carbocycles. The van der Waals surface area contributed by atoms with Crippen LogP contribution in [0.3, 0.4) is 0 Å². The molecule has 0 spiro atoms. The van der Waals surface area contributed by atoms with E-state index in [2.05, 4.69) is 40.9 Å². The summed E-state index contributed by atoms with van der Waals surface area (Å²) in [6.45, 7) is 6.93. The van der Waals surface area contributed by atoms with Gasteiger partial charge in [-0.25, -0.2) is 5.53 Å². The molecule has 9 nitrogen and oxygen atoms in total. The summed E-state index contributed by atoms with van der Waals surface area (Å²) in [7, 11) is 0. The van der Waals surface area contributed by atoms with Gasteiger partial charge in [-0.05, 0) is 79.0 Å². The molecule has 0 unspecified atom stereocenters. The summed E-state index contributed by atoms with van der Waals surface area (Å²) >= 11 is 0. The van der Waals surface area contributed by atoms with Crippen LogP contribution in [0.2, 0.25) is 0 Å². The molecular weight excluding hydrogens is 537 g/mol. The zero-order valence-electron chi connectivity index (χ0n) is 23.1. The third-order valence-electron chi connectivity index (χ3n) is 7.59. The Kier molecular flexibility index (Phi) is 8.50. The maximum Gasteiger partial charge on any atom is 0.573 e. The van der Waals surface area contributed by atoms with E-state index in [4.69, 9.17) is 10.9 Å². The quantitative estimate of drug-likeness (QED) is 0.144. The number of nitrogens with zero attached hydrogens (tertiary/aromatic N) is 2. The van der Waals surface area contributed by atoms with Crippen molar-refractivity contribution < 1.29 is 27.5 Å². The third kappa shape index (κ3) is 7.50. The van der Waals surface area contributed by atoms with Crippen molar-refractivity contribution in [3.8, 4) is 5.75 Å². The minimum Gasteiger partial charge on any atom is -0.406 e. The van der Waals surface area contributed by atoms with Crippen LogP contribution in [0, 0.1) is 22.3 Å². The number of hydrogen-bond donors (Lipinski definition) is 4. The molecule has 3 aromatic rings. The molecule has 41 heavy (non-hydrogen) atoms. The molecule has 0 atom stereocenters. The first-order chi connectivity index (χ1) is 19.2. The van der Waals surface area contributed by atoms with E-state index in [0.29, 0.717) is 16.8 Å². The monoisotopic (exact) mass is 570 g/mol. The summed E-state index contributed by atoms with van der Waals surface area (Å²) in [4.78, 5) is 31.0. The average Bonchev–Trinajstić information content (AvgIpc) is 3.34. The van der Waals surface area contributed by atoms with Gasteiger partial charge in [0.2, 0.25) is 5.96 Å². The molecule has 0 bridgehead atoms. The number of guanidine groups is 1. The molecule has 1 aliphatic carbocycles. The SMILES string of the molecule is CC(C)(C)C1CCC(N(Cc2ccc(C(=O)NC(=N)N=N)cc2)C(=O)c2cc3cc(OC(F)(F)F)ccc3[nH]2)CC1. The smallest absolute Gasteiger partial charge is 0.406 e. The van der Waals surface area contributed by atoms with Gasteiger partial charge < -0.3 is 14.6 Å². The zero-order valence-corrected chi connectivity index (χ0v) is 23.1. The number of aromatic nitrogens is 1. The number of carbonyl (C=O) groups is 2. The summed E-state index contributed by atoms with van der Waals surface area (Å²) < 4.78 is 42.1. The van der Waals surface area contributed by atoms with Crippen molar-refractivity contribution in [3.63, 3.8) is 0 Å². The van der Waals surface area contributed by atoms with Crippen molar-refractivity contribution in [3.05, 3.63) is 65.4 Å². The maximum absolute atomic E-state index is 13.9. The maximum atomic E-state index is 13.9. The highest BCUT2D eigenvalue weighted by Gasteiger charge is 2.35. The topological polar surface area (TPSA) is 134 Å². The lowest BCUT2D eigenvalue weighted by atomic mass is 9.71. The Morgan fingerprint density at radius 2 is 1.71 bits per heavy atom. The van der Waals surface area contributed by atoms with Gasteiger partial charge >= 0.3 is 6.36 Å². The van der Waals surface area contributed by atoms with Gasteiger partial charge in [0, 0.05) is 29.1 Å². The van der Waals surface area contributed by atoms with Crippen LogP contribution >= 0.6 is 0 Å². The molecule has 12 heteroatoms. The zero-order chi connectivity index (χ0) is 29.9. The summed E-state index contributed by atoms with van der Waals surface area (Å²) in [5.41, 5.74) is 8.80. The second-order valence-corrected chi connectivity index (χ2v) is 11.4. The van der Waals surface area contributed by atoms with Crippen molar-refractivity contribution >= 4 is 28.7 Å². The molecule has 0 aliphatic heterocycles. The molecule has 1 heterocycles. The van der Waals surface area contributed by atoms with Crippen LogP contribution < -0.4 is 10.1 Å². The number of amides is 2. The Bertz CT molecular complexity index is 1430. The van der Waals surface area contributed by atoms with Crippen molar-refractivity contribution in [1.82, 2.24) is 15.2 Å². The van der Waals surface area contributed by atoms with Gasteiger partial charge in [0.15, 0.2) is 0 Å². The van der Waals surface area contributed by atoms with Crippen LogP contribution in [-0.2, 0) is 6.54 Å². The van der Waals surface area contributed by atoms with E-state index in [1.165, 1.54) is 24.3 Å². The van der Waals surface area contributed by atoms with Gasteiger partial charge in [-0.15, -0.1) is 18.3 Å². The Labute approximate surface area is 235 Å². The lowest BCUT2D eigenvalue weighted by molar-refractivity contribution is -0.274. The highest BCUT2D eigenvalue weighted by atomic mass is 19.4. The lowest BCUT2D eigenvalue weighted by Crippen LogP contribution is -2.43. The van der Waals surface area contributed by atoms with Gasteiger partial charge in [0.25, 0.3) is 11.8 Å². The van der Waals surface area contributed by atoms with Crippen LogP contribution in [0.1, 0.15) is 72.9 Å². The Hall–Kier alpha value is -4.22. The van der Waals surface area contributed by atoms with Crippen LogP contribution in [-0.4, -0.2) is 40.1 Å². The van der Waals surface area contributed by atoms with E-state index in [1.807, 2.05) is 0 Å². The number of hydrogen-bond acceptors (Lipinski definition) is 5.